The molecule has 3 atom stereocenters. The minimum atomic E-state index is -0.118. The Morgan fingerprint density at radius 1 is 0.757 bits per heavy atom. The monoisotopic (exact) mass is 542 g/mol. The van der Waals surface area contributed by atoms with Gasteiger partial charge in [0.15, 0.2) is 0 Å². The smallest absolute Gasteiger partial charge is 0.230 e. The summed E-state index contributed by atoms with van der Waals surface area (Å²) in [5.41, 5.74) is 1.07. The van der Waals surface area contributed by atoms with Gasteiger partial charge in [-0.25, -0.2) is 0 Å². The van der Waals surface area contributed by atoms with Gasteiger partial charge in [-0.15, -0.1) is 0 Å². The van der Waals surface area contributed by atoms with Crippen molar-refractivity contribution in [1.29, 1.82) is 0 Å². The number of fused-ring (bicyclic) bond motifs is 2. The van der Waals surface area contributed by atoms with Gasteiger partial charge >= 0.3 is 0 Å². The van der Waals surface area contributed by atoms with Gasteiger partial charge in [0.05, 0.1) is 11.7 Å². The zero-order valence-electron chi connectivity index (χ0n) is 21.3. The summed E-state index contributed by atoms with van der Waals surface area (Å²) in [6, 6.07) is 20.3. The van der Waals surface area contributed by atoms with Crippen LogP contribution in [0.4, 0.5) is 0 Å². The lowest BCUT2D eigenvalue weighted by atomic mass is 9.62. The Kier molecular flexibility index (Phi) is 7.49. The average molecular weight is 543 g/mol. The molecule has 2 aliphatic heterocycles. The lowest BCUT2D eigenvalue weighted by molar-refractivity contribution is 0.00586. The van der Waals surface area contributed by atoms with E-state index >= 15 is 0 Å². The van der Waals surface area contributed by atoms with Crippen molar-refractivity contribution in [3.05, 3.63) is 82.3 Å². The Morgan fingerprint density at radius 2 is 1.30 bits per heavy atom. The van der Waals surface area contributed by atoms with E-state index in [9.17, 15) is 0 Å². The van der Waals surface area contributed by atoms with Crippen LogP contribution in [0.25, 0.3) is 0 Å². The summed E-state index contributed by atoms with van der Waals surface area (Å²) in [6.07, 6.45) is 3.36. The van der Waals surface area contributed by atoms with Gasteiger partial charge in [0.1, 0.15) is 23.0 Å². The normalized spacial score (nSPS) is 23.6. The zero-order chi connectivity index (χ0) is 26.0. The van der Waals surface area contributed by atoms with E-state index in [1.165, 1.54) is 0 Å². The van der Waals surface area contributed by atoms with E-state index in [1.54, 1.807) is 36.4 Å². The summed E-state index contributed by atoms with van der Waals surface area (Å²) in [5.74, 6) is 3.11. The first-order chi connectivity index (χ1) is 17.7. The molecule has 0 N–H and O–H groups in total. The van der Waals surface area contributed by atoms with Crippen LogP contribution in [0.15, 0.2) is 66.7 Å². The van der Waals surface area contributed by atoms with Crippen LogP contribution in [0.1, 0.15) is 39.2 Å². The van der Waals surface area contributed by atoms with E-state index < -0.39 is 0 Å². The first-order valence-corrected chi connectivity index (χ1v) is 13.3. The molecule has 37 heavy (non-hydrogen) atoms. The Morgan fingerprint density at radius 3 is 1.86 bits per heavy atom. The molecule has 2 fully saturated rings. The molecule has 5 nitrogen and oxygen atoms in total. The van der Waals surface area contributed by atoms with Crippen LogP contribution in [0.2, 0.25) is 10.0 Å². The predicted octanol–water partition coefficient (Wildman–Crippen LogP) is 7.96. The van der Waals surface area contributed by atoms with Gasteiger partial charge in [-0.1, -0.05) is 43.1 Å². The first kappa shape index (κ1) is 26.0. The van der Waals surface area contributed by atoms with Crippen molar-refractivity contribution in [2.75, 3.05) is 13.6 Å². The van der Waals surface area contributed by atoms with E-state index in [0.717, 1.165) is 30.6 Å². The van der Waals surface area contributed by atoms with Crippen LogP contribution < -0.4 is 18.9 Å². The minimum Gasteiger partial charge on any atom is -0.458 e. The number of hydrogen-bond acceptors (Lipinski definition) is 5. The topological polar surface area (TPSA) is 46.2 Å². The van der Waals surface area contributed by atoms with Crippen molar-refractivity contribution in [3.63, 3.8) is 0 Å². The van der Waals surface area contributed by atoms with Crippen LogP contribution in [0.3, 0.4) is 0 Å². The molecule has 0 radical (unpaired) electrons. The van der Waals surface area contributed by atoms with Crippen LogP contribution in [0, 0.1) is 11.3 Å². The predicted molar refractivity (Wildman–Crippen MR) is 145 cm³/mol. The van der Waals surface area contributed by atoms with Crippen LogP contribution in [-0.2, 0) is 11.2 Å². The number of benzene rings is 3. The fourth-order valence-electron chi connectivity index (χ4n) is 5.67. The second kappa shape index (κ2) is 10.6. The molecule has 5 rings (SSSR count). The van der Waals surface area contributed by atoms with Crippen molar-refractivity contribution in [1.82, 2.24) is 0 Å². The van der Waals surface area contributed by atoms with Crippen LogP contribution >= 0.6 is 23.2 Å². The van der Waals surface area contributed by atoms with Gasteiger partial charge in [0.25, 0.3) is 0 Å². The highest BCUT2D eigenvalue weighted by molar-refractivity contribution is 6.30. The van der Waals surface area contributed by atoms with Crippen molar-refractivity contribution < 1.29 is 23.7 Å². The maximum Gasteiger partial charge on any atom is 0.230 e. The third-order valence-corrected chi connectivity index (χ3v) is 8.26. The molecule has 0 spiro atoms. The molecule has 0 aliphatic carbocycles. The molecule has 2 saturated heterocycles. The Hall–Kier alpha value is -2.60. The van der Waals surface area contributed by atoms with Gasteiger partial charge < -0.3 is 23.7 Å². The molecule has 2 heterocycles. The Balaban J connectivity index is 1.30. The molecule has 0 saturated carbocycles. The third kappa shape index (κ3) is 5.79. The van der Waals surface area contributed by atoms with E-state index in [-0.39, 0.29) is 24.6 Å². The fourth-order valence-corrected chi connectivity index (χ4v) is 5.92. The summed E-state index contributed by atoms with van der Waals surface area (Å²) in [5, 5.41) is 1.31. The molecule has 0 unspecified atom stereocenters. The summed E-state index contributed by atoms with van der Waals surface area (Å²) in [7, 11) is 0. The van der Waals surface area contributed by atoms with E-state index in [2.05, 4.69) is 26.8 Å². The average Bonchev–Trinajstić information content (AvgIpc) is 3.36. The van der Waals surface area contributed by atoms with Crippen LogP contribution in [-0.4, -0.2) is 25.3 Å². The molecular formula is C30H32Cl2O5. The Labute approximate surface area is 228 Å². The maximum absolute atomic E-state index is 6.45. The number of rotatable bonds is 10. The highest BCUT2D eigenvalue weighted by Crippen LogP contribution is 2.58. The van der Waals surface area contributed by atoms with Gasteiger partial charge in [-0.05, 0) is 97.7 Å². The Bertz CT molecular complexity index is 1210. The van der Waals surface area contributed by atoms with E-state index in [1.807, 2.05) is 24.3 Å². The second-order valence-electron chi connectivity index (χ2n) is 10.5. The molecule has 3 aromatic rings. The molecule has 196 valence electrons. The molecule has 2 bridgehead atoms. The van der Waals surface area contributed by atoms with Crippen molar-refractivity contribution in [2.45, 2.75) is 51.7 Å². The van der Waals surface area contributed by atoms with Gasteiger partial charge in [-0.3, -0.25) is 0 Å². The quantitative estimate of drug-likeness (QED) is 0.243. The van der Waals surface area contributed by atoms with Gasteiger partial charge in [0.2, 0.25) is 13.6 Å². The minimum absolute atomic E-state index is 0.0593. The fraction of sp³-hybridized carbons (Fsp3) is 0.400. The lowest BCUT2D eigenvalue weighted by Crippen LogP contribution is -2.41. The third-order valence-electron chi connectivity index (χ3n) is 7.76. The molecule has 0 amide bonds. The standard InChI is InChI=1S/C30H32Cl2O5/c1-29(2)27(30(3)15-14-28(29)37-30)16-20-4-9-25(35-18-33-23-10-5-21(31)6-11-23)17-26(20)36-19-34-24-12-7-22(32)8-13-24/h4-13,17,27-28H,14-16,18-19H2,1-3H3/t27-,28-,30+/m1/s1. The first-order valence-electron chi connectivity index (χ1n) is 12.6. The summed E-state index contributed by atoms with van der Waals surface area (Å²) < 4.78 is 30.0. The van der Waals surface area contributed by atoms with E-state index in [0.29, 0.717) is 39.3 Å². The van der Waals surface area contributed by atoms with Crippen molar-refractivity contribution in [2.24, 2.45) is 11.3 Å². The molecular weight excluding hydrogens is 511 g/mol. The summed E-state index contributed by atoms with van der Waals surface area (Å²) in [4.78, 5) is 0. The highest BCUT2D eigenvalue weighted by atomic mass is 35.5. The van der Waals surface area contributed by atoms with Gasteiger partial charge in [0, 0.05) is 16.1 Å². The largest absolute Gasteiger partial charge is 0.458 e. The van der Waals surface area contributed by atoms with Crippen molar-refractivity contribution in [3.8, 4) is 23.0 Å². The van der Waals surface area contributed by atoms with E-state index in [4.69, 9.17) is 46.9 Å². The van der Waals surface area contributed by atoms with Gasteiger partial charge in [-0.2, -0.15) is 0 Å². The van der Waals surface area contributed by atoms with Crippen molar-refractivity contribution >= 4 is 23.2 Å². The SMILES string of the molecule is CC1(C)[C@@H](Cc2ccc(OCOc3ccc(Cl)cc3)cc2OCOc2ccc(Cl)cc2)[C@]2(C)CC[C@H]1O2. The maximum atomic E-state index is 6.45. The second-order valence-corrected chi connectivity index (χ2v) is 11.4. The number of halogens is 2. The summed E-state index contributed by atoms with van der Waals surface area (Å²) >= 11 is 11.9. The molecule has 3 aromatic carbocycles. The zero-order valence-corrected chi connectivity index (χ0v) is 22.9. The van der Waals surface area contributed by atoms with Crippen LogP contribution in [0.5, 0.6) is 23.0 Å². The highest BCUT2D eigenvalue weighted by Gasteiger charge is 2.60. The number of hydrogen-bond donors (Lipinski definition) is 0. The summed E-state index contributed by atoms with van der Waals surface area (Å²) in [6.45, 7) is 7.02. The lowest BCUT2D eigenvalue weighted by Gasteiger charge is -2.39. The molecule has 7 heteroatoms. The molecule has 0 aromatic heterocycles. The molecule has 2 aliphatic rings. The number of ether oxygens (including phenoxy) is 5.